The molecule has 0 spiro atoms. The van der Waals surface area contributed by atoms with Crippen LogP contribution in [0.25, 0.3) is 0 Å². The van der Waals surface area contributed by atoms with Crippen molar-refractivity contribution in [1.29, 1.82) is 0 Å². The molecule has 1 aliphatic rings. The van der Waals surface area contributed by atoms with Crippen molar-refractivity contribution in [3.05, 3.63) is 42.0 Å². The molecule has 1 unspecified atom stereocenters. The van der Waals surface area contributed by atoms with E-state index in [0.717, 1.165) is 17.3 Å². The van der Waals surface area contributed by atoms with Crippen molar-refractivity contribution in [3.63, 3.8) is 0 Å². The number of pyridine rings is 1. The normalized spacial score (nSPS) is 16.6. The molecule has 0 saturated heterocycles. The van der Waals surface area contributed by atoms with Gasteiger partial charge in [-0.1, -0.05) is 6.07 Å². The standard InChI is InChI=1S/C14H18N4/c1-10-9-18(12-6-7-12)14(16-10)17-11(2)13-5-3-4-8-15-13/h3-5,8-9,11-12H,6-7H2,1-2H3,(H,16,17). The molecule has 1 saturated carbocycles. The fourth-order valence-electron chi connectivity index (χ4n) is 2.15. The maximum Gasteiger partial charge on any atom is 0.203 e. The number of hydrogen-bond acceptors (Lipinski definition) is 3. The summed E-state index contributed by atoms with van der Waals surface area (Å²) >= 11 is 0. The van der Waals surface area contributed by atoms with Crippen molar-refractivity contribution in [1.82, 2.24) is 14.5 Å². The molecule has 0 amide bonds. The molecular formula is C14H18N4. The van der Waals surface area contributed by atoms with E-state index in [-0.39, 0.29) is 6.04 Å². The Morgan fingerprint density at radius 2 is 2.22 bits per heavy atom. The lowest BCUT2D eigenvalue weighted by Gasteiger charge is -2.15. The van der Waals surface area contributed by atoms with E-state index < -0.39 is 0 Å². The van der Waals surface area contributed by atoms with Gasteiger partial charge in [-0.05, 0) is 38.8 Å². The van der Waals surface area contributed by atoms with Gasteiger partial charge in [0.25, 0.3) is 0 Å². The van der Waals surface area contributed by atoms with E-state index in [4.69, 9.17) is 0 Å². The van der Waals surface area contributed by atoms with Crippen molar-refractivity contribution < 1.29 is 0 Å². The molecule has 0 radical (unpaired) electrons. The molecule has 0 aliphatic heterocycles. The Morgan fingerprint density at radius 3 is 2.89 bits per heavy atom. The summed E-state index contributed by atoms with van der Waals surface area (Å²) in [5, 5.41) is 3.46. The Bertz CT molecular complexity index is 528. The van der Waals surface area contributed by atoms with Gasteiger partial charge in [-0.3, -0.25) is 4.98 Å². The summed E-state index contributed by atoms with van der Waals surface area (Å²) in [6, 6.07) is 6.80. The molecule has 0 aromatic carbocycles. The smallest absolute Gasteiger partial charge is 0.203 e. The van der Waals surface area contributed by atoms with Gasteiger partial charge in [0, 0.05) is 18.4 Å². The van der Waals surface area contributed by atoms with Crippen LogP contribution >= 0.6 is 0 Å². The molecule has 94 valence electrons. The number of anilines is 1. The van der Waals surface area contributed by atoms with Crippen molar-refractivity contribution in [3.8, 4) is 0 Å². The summed E-state index contributed by atoms with van der Waals surface area (Å²) in [6.45, 7) is 4.15. The number of hydrogen-bond donors (Lipinski definition) is 1. The van der Waals surface area contributed by atoms with E-state index in [1.807, 2.05) is 31.3 Å². The third-order valence-corrected chi connectivity index (χ3v) is 3.27. The van der Waals surface area contributed by atoms with Gasteiger partial charge in [-0.2, -0.15) is 0 Å². The van der Waals surface area contributed by atoms with Crippen LogP contribution in [0.5, 0.6) is 0 Å². The lowest BCUT2D eigenvalue weighted by Crippen LogP contribution is -2.12. The van der Waals surface area contributed by atoms with E-state index in [9.17, 15) is 0 Å². The third-order valence-electron chi connectivity index (χ3n) is 3.27. The minimum absolute atomic E-state index is 0.172. The largest absolute Gasteiger partial charge is 0.348 e. The van der Waals surface area contributed by atoms with Crippen LogP contribution in [0.2, 0.25) is 0 Å². The van der Waals surface area contributed by atoms with Gasteiger partial charge in [-0.25, -0.2) is 4.98 Å². The number of rotatable bonds is 4. The predicted molar refractivity (Wildman–Crippen MR) is 71.5 cm³/mol. The minimum Gasteiger partial charge on any atom is -0.348 e. The van der Waals surface area contributed by atoms with Crippen molar-refractivity contribution in [2.75, 3.05) is 5.32 Å². The fraction of sp³-hybridized carbons (Fsp3) is 0.429. The highest BCUT2D eigenvalue weighted by Gasteiger charge is 2.26. The van der Waals surface area contributed by atoms with Crippen LogP contribution in [-0.2, 0) is 0 Å². The van der Waals surface area contributed by atoms with Crippen molar-refractivity contribution in [2.45, 2.75) is 38.8 Å². The van der Waals surface area contributed by atoms with Crippen LogP contribution in [0.4, 0.5) is 5.95 Å². The molecule has 1 aliphatic carbocycles. The van der Waals surface area contributed by atoms with Crippen molar-refractivity contribution >= 4 is 5.95 Å². The second kappa shape index (κ2) is 4.44. The molecule has 3 rings (SSSR count). The molecule has 4 nitrogen and oxygen atoms in total. The van der Waals surface area contributed by atoms with Gasteiger partial charge < -0.3 is 9.88 Å². The molecule has 2 aromatic heterocycles. The first-order valence-corrected chi connectivity index (χ1v) is 6.47. The quantitative estimate of drug-likeness (QED) is 0.895. The van der Waals surface area contributed by atoms with Gasteiger partial charge >= 0.3 is 0 Å². The third kappa shape index (κ3) is 2.23. The van der Waals surface area contributed by atoms with Crippen LogP contribution < -0.4 is 5.32 Å². The van der Waals surface area contributed by atoms with Gasteiger partial charge in [0.15, 0.2) is 0 Å². The lowest BCUT2D eigenvalue weighted by molar-refractivity contribution is 0.721. The Hall–Kier alpha value is -1.84. The minimum atomic E-state index is 0.172. The molecule has 0 bridgehead atoms. The summed E-state index contributed by atoms with van der Waals surface area (Å²) in [5.41, 5.74) is 2.11. The van der Waals surface area contributed by atoms with Crippen LogP contribution in [0, 0.1) is 6.92 Å². The van der Waals surface area contributed by atoms with E-state index in [1.165, 1.54) is 12.8 Å². The second-order valence-electron chi connectivity index (χ2n) is 4.96. The zero-order valence-electron chi connectivity index (χ0n) is 10.8. The lowest BCUT2D eigenvalue weighted by atomic mass is 10.2. The molecule has 2 aromatic rings. The Morgan fingerprint density at radius 1 is 1.39 bits per heavy atom. The fourth-order valence-corrected chi connectivity index (χ4v) is 2.15. The predicted octanol–water partition coefficient (Wildman–Crippen LogP) is 3.09. The topological polar surface area (TPSA) is 42.7 Å². The zero-order valence-corrected chi connectivity index (χ0v) is 10.8. The van der Waals surface area contributed by atoms with Gasteiger partial charge in [-0.15, -0.1) is 0 Å². The molecular weight excluding hydrogens is 224 g/mol. The summed E-state index contributed by atoms with van der Waals surface area (Å²) in [4.78, 5) is 8.93. The Labute approximate surface area is 107 Å². The van der Waals surface area contributed by atoms with Crippen LogP contribution in [-0.4, -0.2) is 14.5 Å². The number of nitrogens with zero attached hydrogens (tertiary/aromatic N) is 3. The summed E-state index contributed by atoms with van der Waals surface area (Å²) in [7, 11) is 0. The molecule has 1 atom stereocenters. The Kier molecular flexibility index (Phi) is 2.78. The van der Waals surface area contributed by atoms with Gasteiger partial charge in [0.05, 0.1) is 17.4 Å². The van der Waals surface area contributed by atoms with Crippen molar-refractivity contribution in [2.24, 2.45) is 0 Å². The number of aryl methyl sites for hydroxylation is 1. The van der Waals surface area contributed by atoms with Crippen LogP contribution in [0.3, 0.4) is 0 Å². The molecule has 18 heavy (non-hydrogen) atoms. The average molecular weight is 242 g/mol. The summed E-state index contributed by atoms with van der Waals surface area (Å²) in [6.07, 6.45) is 6.49. The maximum atomic E-state index is 4.56. The highest BCUT2D eigenvalue weighted by molar-refractivity contribution is 5.33. The first-order valence-electron chi connectivity index (χ1n) is 6.47. The van der Waals surface area contributed by atoms with E-state index in [0.29, 0.717) is 6.04 Å². The van der Waals surface area contributed by atoms with E-state index >= 15 is 0 Å². The second-order valence-corrected chi connectivity index (χ2v) is 4.96. The number of aromatic nitrogens is 3. The maximum absolute atomic E-state index is 4.56. The van der Waals surface area contributed by atoms with Crippen LogP contribution in [0.1, 0.15) is 43.2 Å². The monoisotopic (exact) mass is 242 g/mol. The highest BCUT2D eigenvalue weighted by atomic mass is 15.2. The summed E-state index contributed by atoms with van der Waals surface area (Å²) in [5.74, 6) is 0.966. The molecule has 2 heterocycles. The SMILES string of the molecule is Cc1cn(C2CC2)c(NC(C)c2ccccn2)n1. The number of imidazole rings is 1. The van der Waals surface area contributed by atoms with E-state index in [1.54, 1.807) is 0 Å². The molecule has 1 fully saturated rings. The highest BCUT2D eigenvalue weighted by Crippen LogP contribution is 2.37. The summed E-state index contributed by atoms with van der Waals surface area (Å²) < 4.78 is 2.26. The first-order chi connectivity index (χ1) is 8.74. The molecule has 1 N–H and O–H groups in total. The number of nitrogens with one attached hydrogen (secondary N) is 1. The average Bonchev–Trinajstić information content (AvgIpc) is 3.15. The zero-order chi connectivity index (χ0) is 12.5. The molecule has 4 heteroatoms. The van der Waals surface area contributed by atoms with Gasteiger partial charge in [0.1, 0.15) is 0 Å². The van der Waals surface area contributed by atoms with Crippen LogP contribution in [0.15, 0.2) is 30.6 Å². The Balaban J connectivity index is 1.80. The van der Waals surface area contributed by atoms with Gasteiger partial charge in [0.2, 0.25) is 5.95 Å². The van der Waals surface area contributed by atoms with E-state index in [2.05, 4.69) is 33.0 Å². The first kappa shape index (κ1) is 11.3.